The minimum absolute atomic E-state index is 0.230. The normalized spacial score (nSPS) is 11.5. The van der Waals surface area contributed by atoms with Gasteiger partial charge in [0, 0.05) is 15.8 Å². The zero-order chi connectivity index (χ0) is 15.6. The average molecular weight is 342 g/mol. The van der Waals surface area contributed by atoms with E-state index in [2.05, 4.69) is 13.8 Å². The van der Waals surface area contributed by atoms with Gasteiger partial charge in [-0.15, -0.1) is 11.8 Å². The van der Waals surface area contributed by atoms with Crippen molar-refractivity contribution in [1.82, 2.24) is 0 Å². The van der Waals surface area contributed by atoms with Crippen LogP contribution in [-0.4, -0.2) is 7.11 Å². The van der Waals surface area contributed by atoms with Crippen molar-refractivity contribution in [2.45, 2.75) is 23.5 Å². The predicted octanol–water partition coefficient (Wildman–Crippen LogP) is 5.61. The molecule has 0 aliphatic carbocycles. The van der Waals surface area contributed by atoms with Gasteiger partial charge in [-0.05, 0) is 31.5 Å². The molecule has 0 bridgehead atoms. The number of anilines is 1. The summed E-state index contributed by atoms with van der Waals surface area (Å²) < 4.78 is 5.17. The van der Waals surface area contributed by atoms with Crippen LogP contribution in [0.2, 0.25) is 10.0 Å². The van der Waals surface area contributed by atoms with E-state index in [9.17, 15) is 0 Å². The molecule has 2 N–H and O–H groups in total. The van der Waals surface area contributed by atoms with Crippen LogP contribution in [0.3, 0.4) is 0 Å². The maximum atomic E-state index is 6.31. The summed E-state index contributed by atoms with van der Waals surface area (Å²) in [5, 5.41) is 1.24. The maximum Gasteiger partial charge on any atom is 0.134 e. The Balaban J connectivity index is 2.41. The summed E-state index contributed by atoms with van der Waals surface area (Å²) in [5.41, 5.74) is 7.50. The topological polar surface area (TPSA) is 35.2 Å². The average Bonchev–Trinajstić information content (AvgIpc) is 2.42. The minimum atomic E-state index is -0.230. The first-order valence-corrected chi connectivity index (χ1v) is 7.99. The lowest BCUT2D eigenvalue weighted by Crippen LogP contribution is -2.12. The summed E-state index contributed by atoms with van der Waals surface area (Å²) in [6.07, 6.45) is 0. The molecule has 0 aliphatic rings. The van der Waals surface area contributed by atoms with Crippen molar-refractivity contribution in [2.75, 3.05) is 12.8 Å². The molecule has 0 unspecified atom stereocenters. The fourth-order valence-corrected chi connectivity index (χ4v) is 3.92. The largest absolute Gasteiger partial charge is 0.496 e. The molecular formula is C16H17Cl2NOS. The Morgan fingerprint density at radius 2 is 1.76 bits per heavy atom. The molecule has 5 heteroatoms. The molecule has 2 rings (SSSR count). The molecule has 2 nitrogen and oxygen atoms in total. The zero-order valence-electron chi connectivity index (χ0n) is 12.1. The number of rotatable bonds is 4. The van der Waals surface area contributed by atoms with Crippen molar-refractivity contribution in [2.24, 2.45) is 0 Å². The van der Waals surface area contributed by atoms with Gasteiger partial charge in [-0.25, -0.2) is 0 Å². The highest BCUT2D eigenvalue weighted by Crippen LogP contribution is 2.47. The van der Waals surface area contributed by atoms with E-state index >= 15 is 0 Å². The predicted molar refractivity (Wildman–Crippen MR) is 92.8 cm³/mol. The molecule has 0 aliphatic heterocycles. The molecule has 0 fully saturated rings. The highest BCUT2D eigenvalue weighted by molar-refractivity contribution is 8.00. The number of hydrogen-bond acceptors (Lipinski definition) is 3. The summed E-state index contributed by atoms with van der Waals surface area (Å²) in [5.74, 6) is 0.708. The van der Waals surface area contributed by atoms with E-state index in [1.54, 1.807) is 24.9 Å². The van der Waals surface area contributed by atoms with Crippen molar-refractivity contribution in [3.05, 3.63) is 52.0 Å². The molecule has 0 saturated heterocycles. The molecular weight excluding hydrogens is 325 g/mol. The second kappa shape index (κ2) is 6.39. The summed E-state index contributed by atoms with van der Waals surface area (Å²) in [7, 11) is 1.62. The van der Waals surface area contributed by atoms with Gasteiger partial charge in [-0.3, -0.25) is 0 Å². The van der Waals surface area contributed by atoms with E-state index in [0.29, 0.717) is 16.5 Å². The lowest BCUT2D eigenvalue weighted by molar-refractivity contribution is 0.404. The summed E-state index contributed by atoms with van der Waals surface area (Å²) in [6.45, 7) is 4.23. The Hall–Kier alpha value is -1.03. The SMILES string of the molecule is COc1cc(Cl)c(N)cc1SC(C)(C)c1ccccc1Cl. The Labute approximate surface area is 139 Å². The highest BCUT2D eigenvalue weighted by atomic mass is 35.5. The molecule has 0 spiro atoms. The van der Waals surface area contributed by atoms with Crippen LogP contribution in [0, 0.1) is 0 Å². The van der Waals surface area contributed by atoms with E-state index in [1.165, 1.54) is 0 Å². The first kappa shape index (κ1) is 16.3. The molecule has 0 radical (unpaired) electrons. The van der Waals surface area contributed by atoms with Crippen LogP contribution < -0.4 is 10.5 Å². The van der Waals surface area contributed by atoms with Crippen molar-refractivity contribution in [1.29, 1.82) is 0 Å². The third kappa shape index (κ3) is 3.60. The number of nitrogens with two attached hydrogens (primary N) is 1. The van der Waals surface area contributed by atoms with Gasteiger partial charge in [0.05, 0.1) is 22.7 Å². The summed E-state index contributed by atoms with van der Waals surface area (Å²) in [4.78, 5) is 0.935. The number of halogens is 2. The maximum absolute atomic E-state index is 6.31. The molecule has 0 saturated carbocycles. The lowest BCUT2D eigenvalue weighted by Gasteiger charge is -2.26. The third-order valence-electron chi connectivity index (χ3n) is 3.17. The van der Waals surface area contributed by atoms with E-state index < -0.39 is 0 Å². The van der Waals surface area contributed by atoms with Crippen LogP contribution in [-0.2, 0) is 4.75 Å². The zero-order valence-corrected chi connectivity index (χ0v) is 14.4. The number of hydrogen-bond donors (Lipinski definition) is 1. The van der Waals surface area contributed by atoms with Crippen LogP contribution >= 0.6 is 35.0 Å². The third-order valence-corrected chi connectivity index (χ3v) is 5.10. The van der Waals surface area contributed by atoms with Gasteiger partial charge in [0.25, 0.3) is 0 Å². The molecule has 0 atom stereocenters. The molecule has 21 heavy (non-hydrogen) atoms. The van der Waals surface area contributed by atoms with Crippen molar-refractivity contribution in [3.63, 3.8) is 0 Å². The molecule has 2 aromatic rings. The van der Waals surface area contributed by atoms with Crippen LogP contribution in [0.4, 0.5) is 5.69 Å². The van der Waals surface area contributed by atoms with Crippen LogP contribution in [0.15, 0.2) is 41.3 Å². The van der Waals surface area contributed by atoms with Gasteiger partial charge >= 0.3 is 0 Å². The number of nitrogen functional groups attached to an aromatic ring is 1. The molecule has 0 heterocycles. The first-order chi connectivity index (χ1) is 9.85. The monoisotopic (exact) mass is 341 g/mol. The second-order valence-electron chi connectivity index (χ2n) is 5.12. The lowest BCUT2D eigenvalue weighted by atomic mass is 10.0. The first-order valence-electron chi connectivity index (χ1n) is 6.42. The Bertz CT molecular complexity index is 659. The Kier molecular flexibility index (Phi) is 4.97. The van der Waals surface area contributed by atoms with Crippen molar-refractivity contribution >= 4 is 40.7 Å². The summed E-state index contributed by atoms with van der Waals surface area (Å²) >= 11 is 14.0. The highest BCUT2D eigenvalue weighted by Gasteiger charge is 2.26. The number of thioether (sulfide) groups is 1. The fourth-order valence-electron chi connectivity index (χ4n) is 2.07. The number of ether oxygens (including phenoxy) is 1. The van der Waals surface area contributed by atoms with Crippen LogP contribution in [0.25, 0.3) is 0 Å². The van der Waals surface area contributed by atoms with E-state index in [-0.39, 0.29) is 4.75 Å². The summed E-state index contributed by atoms with van der Waals surface area (Å²) in [6, 6.07) is 11.4. The van der Waals surface area contributed by atoms with Crippen LogP contribution in [0.5, 0.6) is 5.75 Å². The van der Waals surface area contributed by atoms with Gasteiger partial charge in [-0.1, -0.05) is 41.4 Å². The van der Waals surface area contributed by atoms with Gasteiger partial charge < -0.3 is 10.5 Å². The number of benzene rings is 2. The van der Waals surface area contributed by atoms with Crippen molar-refractivity contribution < 1.29 is 4.74 Å². The van der Waals surface area contributed by atoms with E-state index in [1.807, 2.05) is 30.3 Å². The smallest absolute Gasteiger partial charge is 0.134 e. The number of methoxy groups -OCH3 is 1. The van der Waals surface area contributed by atoms with Gasteiger partial charge in [0.2, 0.25) is 0 Å². The second-order valence-corrected chi connectivity index (χ2v) is 7.60. The van der Waals surface area contributed by atoms with Gasteiger partial charge in [0.15, 0.2) is 0 Å². The molecule has 112 valence electrons. The standard InChI is InChI=1S/C16H17Cl2NOS/c1-16(2,10-6-4-5-7-11(10)17)21-15-9-13(19)12(18)8-14(15)20-3/h4-9H,19H2,1-3H3. The van der Waals surface area contributed by atoms with Gasteiger partial charge in [0.1, 0.15) is 5.75 Å². The quantitative estimate of drug-likeness (QED) is 0.579. The van der Waals surface area contributed by atoms with Crippen molar-refractivity contribution in [3.8, 4) is 5.75 Å². The van der Waals surface area contributed by atoms with E-state index in [0.717, 1.165) is 15.5 Å². The Morgan fingerprint density at radius 3 is 2.38 bits per heavy atom. The van der Waals surface area contributed by atoms with Gasteiger partial charge in [-0.2, -0.15) is 0 Å². The molecule has 0 amide bonds. The fraction of sp³-hybridized carbons (Fsp3) is 0.250. The Morgan fingerprint density at radius 1 is 1.10 bits per heavy atom. The molecule has 0 aromatic heterocycles. The van der Waals surface area contributed by atoms with E-state index in [4.69, 9.17) is 33.7 Å². The molecule has 2 aromatic carbocycles. The minimum Gasteiger partial charge on any atom is -0.496 e. The van der Waals surface area contributed by atoms with Crippen LogP contribution in [0.1, 0.15) is 19.4 Å².